The van der Waals surface area contributed by atoms with Crippen LogP contribution in [0.5, 0.6) is 0 Å². The number of esters is 1. The Morgan fingerprint density at radius 2 is 2.24 bits per heavy atom. The van der Waals surface area contributed by atoms with E-state index in [1.54, 1.807) is 36.4 Å². The lowest BCUT2D eigenvalue weighted by Crippen LogP contribution is -2.09. The summed E-state index contributed by atoms with van der Waals surface area (Å²) in [5.41, 5.74) is 2.06. The number of ether oxygens (including phenoxy) is 1. The van der Waals surface area contributed by atoms with Crippen LogP contribution in [0.1, 0.15) is 16.9 Å². The molecule has 1 aromatic carbocycles. The van der Waals surface area contributed by atoms with Crippen LogP contribution in [0.4, 0.5) is 5.69 Å². The van der Waals surface area contributed by atoms with E-state index < -0.39 is 5.97 Å². The van der Waals surface area contributed by atoms with Crippen LogP contribution in [0.2, 0.25) is 0 Å². The fourth-order valence-corrected chi connectivity index (χ4v) is 1.72. The van der Waals surface area contributed by atoms with Crippen LogP contribution >= 0.6 is 0 Å². The Hall–Kier alpha value is -3.14. The number of carbonyl (C=O) groups excluding carboxylic acids is 2. The number of hydrogen-bond donors (Lipinski definition) is 2. The summed E-state index contributed by atoms with van der Waals surface area (Å²) in [6.07, 6.45) is -0.209. The number of nitrogens with one attached hydrogen (secondary N) is 2. The summed E-state index contributed by atoms with van der Waals surface area (Å²) in [6, 6.07) is 10.3. The summed E-state index contributed by atoms with van der Waals surface area (Å²) in [5.74, 6) is -0.890. The first-order chi connectivity index (χ1) is 10.1. The highest BCUT2D eigenvalue weighted by Gasteiger charge is 2.11. The highest BCUT2D eigenvalue weighted by atomic mass is 16.5. The minimum atomic E-state index is -0.507. The third-order valence-electron chi connectivity index (χ3n) is 2.66. The van der Waals surface area contributed by atoms with Gasteiger partial charge in [-0.05, 0) is 18.2 Å². The number of carbonyl (C=O) groups is 2. The third kappa shape index (κ3) is 3.45. The molecule has 106 valence electrons. The number of methoxy groups -OCH3 is 1. The molecule has 0 saturated heterocycles. The second-order valence-corrected chi connectivity index (χ2v) is 4.12. The molecule has 0 aliphatic rings. The van der Waals surface area contributed by atoms with Gasteiger partial charge >= 0.3 is 5.97 Å². The van der Waals surface area contributed by atoms with Gasteiger partial charge in [-0.1, -0.05) is 12.1 Å². The Morgan fingerprint density at radius 3 is 2.95 bits per heavy atom. The molecule has 7 nitrogen and oxygen atoms in total. The number of rotatable bonds is 4. The molecular formula is C14H12N4O3. The van der Waals surface area contributed by atoms with Crippen molar-refractivity contribution in [1.29, 1.82) is 5.26 Å². The molecule has 2 aromatic rings. The molecule has 7 heteroatoms. The quantitative estimate of drug-likeness (QED) is 0.831. The van der Waals surface area contributed by atoms with Crippen LogP contribution in [0.3, 0.4) is 0 Å². The van der Waals surface area contributed by atoms with Crippen molar-refractivity contribution in [1.82, 2.24) is 10.2 Å². The number of amides is 1. The number of nitriles is 1. The molecule has 21 heavy (non-hydrogen) atoms. The Labute approximate surface area is 120 Å². The Morgan fingerprint density at radius 1 is 1.43 bits per heavy atom. The lowest BCUT2D eigenvalue weighted by Gasteiger charge is -2.04. The fraction of sp³-hybridized carbons (Fsp3) is 0.143. The average molecular weight is 284 g/mol. The van der Waals surface area contributed by atoms with Crippen molar-refractivity contribution < 1.29 is 14.3 Å². The molecule has 0 bridgehead atoms. The van der Waals surface area contributed by atoms with Crippen molar-refractivity contribution >= 4 is 17.6 Å². The van der Waals surface area contributed by atoms with E-state index in [1.807, 2.05) is 0 Å². The van der Waals surface area contributed by atoms with E-state index in [-0.39, 0.29) is 18.0 Å². The van der Waals surface area contributed by atoms with Crippen molar-refractivity contribution in [3.05, 3.63) is 36.0 Å². The first-order valence-corrected chi connectivity index (χ1v) is 6.05. The molecular weight excluding hydrogens is 272 g/mol. The van der Waals surface area contributed by atoms with Gasteiger partial charge < -0.3 is 10.1 Å². The van der Waals surface area contributed by atoms with Gasteiger partial charge in [0.1, 0.15) is 12.1 Å². The number of H-pyrrole nitrogens is 1. The fourth-order valence-electron chi connectivity index (χ4n) is 1.72. The maximum atomic E-state index is 11.4. The van der Waals surface area contributed by atoms with Crippen molar-refractivity contribution in [2.45, 2.75) is 6.42 Å². The molecule has 0 saturated carbocycles. The van der Waals surface area contributed by atoms with Gasteiger partial charge in [0.15, 0.2) is 0 Å². The topological polar surface area (TPSA) is 108 Å². The first-order valence-electron chi connectivity index (χ1n) is 6.05. The maximum absolute atomic E-state index is 11.4. The van der Waals surface area contributed by atoms with E-state index in [1.165, 1.54) is 7.11 Å². The number of nitrogens with zero attached hydrogens (tertiary/aromatic N) is 2. The van der Waals surface area contributed by atoms with Gasteiger partial charge in [-0.15, -0.1) is 0 Å². The predicted molar refractivity (Wildman–Crippen MR) is 74.2 cm³/mol. The van der Waals surface area contributed by atoms with Gasteiger partial charge in [0.25, 0.3) is 0 Å². The van der Waals surface area contributed by atoms with Crippen molar-refractivity contribution in [3.8, 4) is 17.3 Å². The third-order valence-corrected chi connectivity index (χ3v) is 2.66. The zero-order chi connectivity index (χ0) is 15.2. The standard InChI is InChI=1S/C14H12N4O3/c1-21-14(20)12-8-11(17-18-12)9-3-2-4-10(7-9)16-13(19)5-6-15/h2-4,7-8H,5H2,1H3,(H,16,19)(H,17,18). The number of aromatic amines is 1. The number of aromatic nitrogens is 2. The highest BCUT2D eigenvalue weighted by Crippen LogP contribution is 2.21. The summed E-state index contributed by atoms with van der Waals surface area (Å²) in [6.45, 7) is 0. The van der Waals surface area contributed by atoms with E-state index in [0.29, 0.717) is 11.4 Å². The lowest BCUT2D eigenvalue weighted by molar-refractivity contribution is -0.115. The maximum Gasteiger partial charge on any atom is 0.356 e. The van der Waals surface area contributed by atoms with E-state index in [2.05, 4.69) is 20.3 Å². The molecule has 0 aliphatic heterocycles. The SMILES string of the molecule is COC(=O)c1cc(-c2cccc(NC(=O)CC#N)c2)n[nH]1. The first kappa shape index (κ1) is 14.3. The number of hydrogen-bond acceptors (Lipinski definition) is 5. The lowest BCUT2D eigenvalue weighted by atomic mass is 10.1. The van der Waals surface area contributed by atoms with Crippen molar-refractivity contribution in [2.75, 3.05) is 12.4 Å². The number of benzene rings is 1. The average Bonchev–Trinajstić information content (AvgIpc) is 2.97. The molecule has 0 atom stereocenters. The van der Waals surface area contributed by atoms with Crippen LogP contribution in [0.25, 0.3) is 11.3 Å². The minimum absolute atomic E-state index is 0.209. The van der Waals surface area contributed by atoms with Gasteiger partial charge in [0.2, 0.25) is 5.91 Å². The Bertz CT molecular complexity index is 715. The molecule has 1 aromatic heterocycles. The zero-order valence-corrected chi connectivity index (χ0v) is 11.2. The summed E-state index contributed by atoms with van der Waals surface area (Å²) in [7, 11) is 1.29. The van der Waals surface area contributed by atoms with Gasteiger partial charge in [0, 0.05) is 11.3 Å². The summed E-state index contributed by atoms with van der Waals surface area (Å²) in [5, 5.41) is 17.7. The van der Waals surface area contributed by atoms with Crippen LogP contribution in [-0.4, -0.2) is 29.2 Å². The van der Waals surface area contributed by atoms with Gasteiger partial charge in [0.05, 0.1) is 18.9 Å². The molecule has 0 aliphatic carbocycles. The summed E-state index contributed by atoms with van der Waals surface area (Å²) < 4.78 is 4.59. The normalized spacial score (nSPS) is 9.71. The largest absolute Gasteiger partial charge is 0.464 e. The van der Waals surface area contributed by atoms with Crippen molar-refractivity contribution in [3.63, 3.8) is 0 Å². The molecule has 0 spiro atoms. The smallest absolute Gasteiger partial charge is 0.356 e. The van der Waals surface area contributed by atoms with Crippen molar-refractivity contribution in [2.24, 2.45) is 0 Å². The van der Waals surface area contributed by atoms with Gasteiger partial charge in [-0.25, -0.2) is 4.79 Å². The Balaban J connectivity index is 2.21. The second-order valence-electron chi connectivity index (χ2n) is 4.12. The van der Waals surface area contributed by atoms with E-state index >= 15 is 0 Å². The zero-order valence-electron chi connectivity index (χ0n) is 11.2. The monoisotopic (exact) mass is 284 g/mol. The van der Waals surface area contributed by atoms with Gasteiger partial charge in [-0.3, -0.25) is 9.89 Å². The van der Waals surface area contributed by atoms with Crippen LogP contribution in [0, 0.1) is 11.3 Å². The minimum Gasteiger partial charge on any atom is -0.464 e. The molecule has 1 amide bonds. The summed E-state index contributed by atoms with van der Waals surface area (Å²) >= 11 is 0. The molecule has 2 rings (SSSR count). The molecule has 0 fully saturated rings. The van der Waals surface area contributed by atoms with Crippen LogP contribution in [0.15, 0.2) is 30.3 Å². The van der Waals surface area contributed by atoms with Gasteiger partial charge in [-0.2, -0.15) is 10.4 Å². The second kappa shape index (κ2) is 6.34. The molecule has 2 N–H and O–H groups in total. The predicted octanol–water partition coefficient (Wildman–Crippen LogP) is 1.72. The van der Waals surface area contributed by atoms with E-state index in [9.17, 15) is 9.59 Å². The highest BCUT2D eigenvalue weighted by molar-refractivity contribution is 5.93. The summed E-state index contributed by atoms with van der Waals surface area (Å²) in [4.78, 5) is 22.7. The number of anilines is 1. The van der Waals surface area contributed by atoms with E-state index in [4.69, 9.17) is 5.26 Å². The molecule has 0 radical (unpaired) electrons. The van der Waals surface area contributed by atoms with Crippen LogP contribution in [-0.2, 0) is 9.53 Å². The Kier molecular flexibility index (Phi) is 4.31. The van der Waals surface area contributed by atoms with E-state index in [0.717, 1.165) is 5.56 Å². The molecule has 1 heterocycles. The molecule has 0 unspecified atom stereocenters. The van der Waals surface area contributed by atoms with Crippen LogP contribution < -0.4 is 5.32 Å².